The second-order valence-corrected chi connectivity index (χ2v) is 7.21. The van der Waals surface area contributed by atoms with Crippen molar-refractivity contribution in [2.75, 3.05) is 38.2 Å². The van der Waals surface area contributed by atoms with E-state index in [1.807, 2.05) is 13.1 Å². The molecule has 0 unspecified atom stereocenters. The van der Waals surface area contributed by atoms with E-state index in [9.17, 15) is 4.79 Å². The molecule has 4 aliphatic heterocycles. The molecule has 5 rings (SSSR count). The fraction of sp³-hybridized carbons (Fsp3) is 0.588. The summed E-state index contributed by atoms with van der Waals surface area (Å²) < 4.78 is 5.78. The van der Waals surface area contributed by atoms with Gasteiger partial charge in [0.15, 0.2) is 5.75 Å². The van der Waals surface area contributed by atoms with Crippen LogP contribution in [0.25, 0.3) is 0 Å². The number of nitrogens with one attached hydrogen (secondary N) is 1. The molecule has 124 valence electrons. The smallest absolute Gasteiger partial charge is 0.256 e. The van der Waals surface area contributed by atoms with Crippen molar-refractivity contribution < 1.29 is 9.53 Å². The molecular weight excluding hydrogens is 314 g/mol. The van der Waals surface area contributed by atoms with Crippen LogP contribution < -0.4 is 15.0 Å². The van der Waals surface area contributed by atoms with E-state index in [-0.39, 0.29) is 12.1 Å². The van der Waals surface area contributed by atoms with Crippen LogP contribution in [0.5, 0.6) is 5.75 Å². The lowest BCUT2D eigenvalue weighted by molar-refractivity contribution is 0.0294. The predicted molar refractivity (Wildman–Crippen MR) is 90.4 cm³/mol. The van der Waals surface area contributed by atoms with Crippen LogP contribution in [-0.4, -0.2) is 50.3 Å². The van der Waals surface area contributed by atoms with Gasteiger partial charge in [-0.15, -0.1) is 0 Å². The van der Waals surface area contributed by atoms with Crippen LogP contribution in [0, 0.1) is 5.92 Å². The molecule has 1 atom stereocenters. The van der Waals surface area contributed by atoms with Crippen molar-refractivity contribution in [1.82, 2.24) is 10.2 Å². The number of rotatable bonds is 2. The molecule has 0 saturated carbocycles. The average molecular weight is 336 g/mol. The van der Waals surface area contributed by atoms with Crippen LogP contribution in [0.15, 0.2) is 12.1 Å². The van der Waals surface area contributed by atoms with Crippen molar-refractivity contribution in [3.8, 4) is 5.75 Å². The van der Waals surface area contributed by atoms with Crippen LogP contribution in [0.2, 0.25) is 5.02 Å². The number of piperidine rings is 3. The number of halogens is 1. The lowest BCUT2D eigenvalue weighted by atomic mass is 9.86. The number of hydrogen-bond donors (Lipinski definition) is 1. The van der Waals surface area contributed by atoms with Gasteiger partial charge in [0.25, 0.3) is 5.91 Å². The van der Waals surface area contributed by atoms with Gasteiger partial charge in [-0.1, -0.05) is 11.6 Å². The molecule has 4 heterocycles. The van der Waals surface area contributed by atoms with Gasteiger partial charge in [0, 0.05) is 25.2 Å². The van der Waals surface area contributed by atoms with Crippen LogP contribution in [-0.2, 0) is 0 Å². The number of carbonyl (C=O) groups is 1. The first-order chi connectivity index (χ1) is 11.1. The van der Waals surface area contributed by atoms with Gasteiger partial charge in [0.05, 0.1) is 24.0 Å². The first kappa shape index (κ1) is 15.1. The lowest BCUT2D eigenvalue weighted by Gasteiger charge is -2.45. The molecule has 0 aromatic heterocycles. The molecule has 0 spiro atoms. The maximum absolute atomic E-state index is 12.8. The third kappa shape index (κ3) is 2.76. The highest BCUT2D eigenvalue weighted by atomic mass is 35.5. The highest BCUT2D eigenvalue weighted by Gasteiger charge is 2.35. The maximum atomic E-state index is 12.8. The quantitative estimate of drug-likeness (QED) is 0.901. The number of anilines is 1. The van der Waals surface area contributed by atoms with Crippen molar-refractivity contribution in [3.05, 3.63) is 22.7 Å². The fourth-order valence-electron chi connectivity index (χ4n) is 3.93. The first-order valence-electron chi connectivity index (χ1n) is 8.34. The molecule has 1 aromatic carbocycles. The topological polar surface area (TPSA) is 44.8 Å². The van der Waals surface area contributed by atoms with Gasteiger partial charge in [0.2, 0.25) is 0 Å². The van der Waals surface area contributed by atoms with Crippen molar-refractivity contribution in [3.63, 3.8) is 0 Å². The lowest BCUT2D eigenvalue weighted by Crippen LogP contribution is -2.56. The van der Waals surface area contributed by atoms with E-state index in [2.05, 4.69) is 15.1 Å². The summed E-state index contributed by atoms with van der Waals surface area (Å²) in [5, 5.41) is 3.75. The van der Waals surface area contributed by atoms with Crippen LogP contribution in [0.3, 0.4) is 0 Å². The molecule has 4 aliphatic rings. The van der Waals surface area contributed by atoms with E-state index < -0.39 is 0 Å². The van der Waals surface area contributed by atoms with Crippen molar-refractivity contribution in [2.24, 2.45) is 5.92 Å². The number of fused-ring (bicyclic) bond motifs is 4. The fourth-order valence-corrected chi connectivity index (χ4v) is 4.15. The van der Waals surface area contributed by atoms with E-state index in [4.69, 9.17) is 16.3 Å². The van der Waals surface area contributed by atoms with Gasteiger partial charge in [0.1, 0.15) is 6.61 Å². The van der Waals surface area contributed by atoms with Crippen molar-refractivity contribution >= 4 is 23.2 Å². The number of carbonyl (C=O) groups excluding carboxylic acids is 1. The Hall–Kier alpha value is -1.46. The minimum Gasteiger partial charge on any atom is -0.489 e. The molecule has 0 aliphatic carbocycles. The monoisotopic (exact) mass is 335 g/mol. The van der Waals surface area contributed by atoms with Gasteiger partial charge >= 0.3 is 0 Å². The molecule has 3 saturated heterocycles. The van der Waals surface area contributed by atoms with Gasteiger partial charge in [-0.25, -0.2) is 0 Å². The average Bonchev–Trinajstić information content (AvgIpc) is 2.56. The molecular formula is C17H22ClN3O2. The third-order valence-electron chi connectivity index (χ3n) is 5.31. The van der Waals surface area contributed by atoms with Gasteiger partial charge in [-0.05, 0) is 37.3 Å². The van der Waals surface area contributed by atoms with Gasteiger partial charge in [-0.3, -0.25) is 9.69 Å². The Morgan fingerprint density at radius 3 is 2.78 bits per heavy atom. The second kappa shape index (κ2) is 5.87. The maximum Gasteiger partial charge on any atom is 0.256 e. The summed E-state index contributed by atoms with van der Waals surface area (Å²) in [4.78, 5) is 17.3. The Kier molecular flexibility index (Phi) is 3.85. The highest BCUT2D eigenvalue weighted by Crippen LogP contribution is 2.37. The van der Waals surface area contributed by atoms with Crippen molar-refractivity contribution in [1.29, 1.82) is 0 Å². The summed E-state index contributed by atoms with van der Waals surface area (Å²) in [6, 6.07) is 3.57. The summed E-state index contributed by atoms with van der Waals surface area (Å²) >= 11 is 6.22. The van der Waals surface area contributed by atoms with E-state index >= 15 is 0 Å². The van der Waals surface area contributed by atoms with E-state index in [0.29, 0.717) is 22.9 Å². The van der Waals surface area contributed by atoms with E-state index in [0.717, 1.165) is 37.7 Å². The highest BCUT2D eigenvalue weighted by molar-refractivity contribution is 6.31. The van der Waals surface area contributed by atoms with Gasteiger partial charge in [-0.2, -0.15) is 0 Å². The van der Waals surface area contributed by atoms with Crippen LogP contribution in [0.4, 0.5) is 5.69 Å². The molecule has 2 bridgehead atoms. The second-order valence-electron chi connectivity index (χ2n) is 6.78. The Morgan fingerprint density at radius 2 is 2.09 bits per heavy atom. The Balaban J connectivity index is 1.59. The Morgan fingerprint density at radius 1 is 1.30 bits per heavy atom. The Bertz CT molecular complexity index is 629. The summed E-state index contributed by atoms with van der Waals surface area (Å²) in [6.45, 7) is 3.56. The zero-order chi connectivity index (χ0) is 16.0. The van der Waals surface area contributed by atoms with Crippen LogP contribution >= 0.6 is 11.6 Å². The molecule has 1 amide bonds. The molecule has 6 heteroatoms. The summed E-state index contributed by atoms with van der Waals surface area (Å²) in [6.07, 6.45) is 3.71. The number of hydrogen-bond acceptors (Lipinski definition) is 4. The first-order valence-corrected chi connectivity index (χ1v) is 8.72. The minimum atomic E-state index is -0.0865. The molecule has 0 radical (unpaired) electrons. The van der Waals surface area contributed by atoms with E-state index in [1.165, 1.54) is 12.8 Å². The zero-order valence-corrected chi connectivity index (χ0v) is 14.1. The normalized spacial score (nSPS) is 29.0. The number of nitrogens with zero attached hydrogens (tertiary/aromatic N) is 2. The SMILES string of the molecule is CN1CCOc2c(C(=O)N[C@@H]3CC4CCN3CC4)cc(Cl)cc21. The summed E-state index contributed by atoms with van der Waals surface area (Å²) in [7, 11) is 1.99. The largest absolute Gasteiger partial charge is 0.489 e. The molecule has 1 N–H and O–H groups in total. The number of amides is 1. The number of likely N-dealkylation sites (N-methyl/N-ethyl adjacent to an activating group) is 1. The van der Waals surface area contributed by atoms with Crippen LogP contribution in [0.1, 0.15) is 29.6 Å². The molecule has 3 fully saturated rings. The van der Waals surface area contributed by atoms with Gasteiger partial charge < -0.3 is 15.0 Å². The summed E-state index contributed by atoms with van der Waals surface area (Å²) in [5.74, 6) is 1.31. The molecule has 5 nitrogen and oxygen atoms in total. The third-order valence-corrected chi connectivity index (χ3v) is 5.53. The van der Waals surface area contributed by atoms with Crippen molar-refractivity contribution in [2.45, 2.75) is 25.4 Å². The van der Waals surface area contributed by atoms with E-state index in [1.54, 1.807) is 6.07 Å². The molecule has 1 aromatic rings. The Labute approximate surface area is 141 Å². The standard InChI is InChI=1S/C17H22ClN3O2/c1-20-6-7-23-16-13(9-12(18)10-14(16)20)17(22)19-15-8-11-2-4-21(15)5-3-11/h9-11,15H,2-8H2,1H3,(H,19,22)/t15-/m0/s1. The minimum absolute atomic E-state index is 0.0865. The predicted octanol–water partition coefficient (Wildman–Crippen LogP) is 2.34. The molecule has 23 heavy (non-hydrogen) atoms. The number of benzene rings is 1. The summed E-state index contributed by atoms with van der Waals surface area (Å²) in [5.41, 5.74) is 1.43. The zero-order valence-electron chi connectivity index (χ0n) is 13.3. The number of ether oxygens (including phenoxy) is 1.